The van der Waals surface area contributed by atoms with Gasteiger partial charge in [0.15, 0.2) is 0 Å². The molecular weight excluding hydrogens is 206 g/mol. The zero-order valence-electron chi connectivity index (χ0n) is 9.76. The highest BCUT2D eigenvalue weighted by atomic mass is 35.5. The van der Waals surface area contributed by atoms with Gasteiger partial charge in [0.2, 0.25) is 0 Å². The number of hydrogen-bond donors (Lipinski definition) is 1. The first-order chi connectivity index (χ1) is 7.17. The van der Waals surface area contributed by atoms with E-state index in [0.29, 0.717) is 12.1 Å². The van der Waals surface area contributed by atoms with Crippen LogP contribution in [0.25, 0.3) is 0 Å². The van der Waals surface area contributed by atoms with Gasteiger partial charge in [0.05, 0.1) is 0 Å². The third kappa shape index (κ3) is 3.84. The summed E-state index contributed by atoms with van der Waals surface area (Å²) < 4.78 is 0. The van der Waals surface area contributed by atoms with Gasteiger partial charge in [0.1, 0.15) is 0 Å². The summed E-state index contributed by atoms with van der Waals surface area (Å²) in [7, 11) is 0. The molecule has 1 aromatic carbocycles. The topological polar surface area (TPSA) is 12.0 Å². The molecule has 2 heteroatoms. The van der Waals surface area contributed by atoms with Crippen molar-refractivity contribution in [3.8, 4) is 0 Å². The van der Waals surface area contributed by atoms with E-state index < -0.39 is 0 Å². The quantitative estimate of drug-likeness (QED) is 0.793. The zero-order chi connectivity index (χ0) is 11.3. The Morgan fingerprint density at radius 1 is 1.13 bits per heavy atom. The van der Waals surface area contributed by atoms with Crippen molar-refractivity contribution in [2.75, 3.05) is 0 Å². The van der Waals surface area contributed by atoms with Crippen LogP contribution in [0.2, 0.25) is 5.02 Å². The third-order valence-corrected chi connectivity index (χ3v) is 3.09. The molecule has 0 spiro atoms. The first kappa shape index (κ1) is 12.5. The van der Waals surface area contributed by atoms with Crippen molar-refractivity contribution < 1.29 is 0 Å². The van der Waals surface area contributed by atoms with Crippen LogP contribution in [0.5, 0.6) is 0 Å². The van der Waals surface area contributed by atoms with Crippen LogP contribution in [-0.2, 0) is 0 Å². The van der Waals surface area contributed by atoms with Crippen LogP contribution >= 0.6 is 11.6 Å². The van der Waals surface area contributed by atoms with Crippen molar-refractivity contribution in [3.63, 3.8) is 0 Å². The minimum atomic E-state index is 0.396. The molecule has 1 N–H and O–H groups in total. The molecule has 0 heterocycles. The summed E-state index contributed by atoms with van der Waals surface area (Å²) in [6, 6.07) is 9.07. The molecule has 84 valence electrons. The molecule has 0 fully saturated rings. The number of benzene rings is 1. The summed E-state index contributed by atoms with van der Waals surface area (Å²) in [6.45, 7) is 6.63. The Hall–Kier alpha value is -0.530. The number of hydrogen-bond acceptors (Lipinski definition) is 1. The van der Waals surface area contributed by atoms with Crippen molar-refractivity contribution in [1.82, 2.24) is 5.32 Å². The van der Waals surface area contributed by atoms with Gasteiger partial charge in [-0.05, 0) is 37.5 Å². The van der Waals surface area contributed by atoms with Crippen molar-refractivity contribution in [2.24, 2.45) is 0 Å². The van der Waals surface area contributed by atoms with E-state index in [1.165, 1.54) is 18.4 Å². The van der Waals surface area contributed by atoms with Crippen LogP contribution in [0, 0.1) is 0 Å². The van der Waals surface area contributed by atoms with Gasteiger partial charge in [-0.3, -0.25) is 0 Å². The summed E-state index contributed by atoms with van der Waals surface area (Å²) >= 11 is 5.86. The van der Waals surface area contributed by atoms with Crippen LogP contribution in [-0.4, -0.2) is 6.04 Å². The second-order valence-electron chi connectivity index (χ2n) is 3.95. The van der Waals surface area contributed by atoms with E-state index in [1.807, 2.05) is 12.1 Å². The van der Waals surface area contributed by atoms with E-state index in [0.717, 1.165) is 5.02 Å². The first-order valence-electron chi connectivity index (χ1n) is 5.68. The molecule has 1 nitrogen and oxygen atoms in total. The van der Waals surface area contributed by atoms with Crippen LogP contribution in [0.4, 0.5) is 0 Å². The van der Waals surface area contributed by atoms with Gasteiger partial charge in [-0.2, -0.15) is 0 Å². The van der Waals surface area contributed by atoms with E-state index >= 15 is 0 Å². The fourth-order valence-corrected chi connectivity index (χ4v) is 1.85. The highest BCUT2D eigenvalue weighted by Gasteiger charge is 2.09. The molecule has 1 aromatic rings. The summed E-state index contributed by atoms with van der Waals surface area (Å²) in [5.74, 6) is 0. The van der Waals surface area contributed by atoms with E-state index in [2.05, 4.69) is 38.2 Å². The third-order valence-electron chi connectivity index (χ3n) is 2.84. The van der Waals surface area contributed by atoms with Crippen LogP contribution in [0.1, 0.15) is 45.2 Å². The minimum Gasteiger partial charge on any atom is -0.307 e. The molecule has 0 unspecified atom stereocenters. The van der Waals surface area contributed by atoms with Gasteiger partial charge in [-0.15, -0.1) is 0 Å². The Morgan fingerprint density at radius 2 is 1.67 bits per heavy atom. The smallest absolute Gasteiger partial charge is 0.0406 e. The number of halogens is 1. The van der Waals surface area contributed by atoms with Crippen LogP contribution < -0.4 is 5.32 Å². The largest absolute Gasteiger partial charge is 0.307 e. The molecule has 0 aliphatic carbocycles. The van der Waals surface area contributed by atoms with Gasteiger partial charge < -0.3 is 5.32 Å². The monoisotopic (exact) mass is 225 g/mol. The Labute approximate surface area is 97.8 Å². The standard InChI is InChI=1S/C13H20ClN/c1-4-13(5-2)15-10(3)11-6-8-12(14)9-7-11/h6-10,13,15H,4-5H2,1-3H3/t10-/m1/s1. The Balaban J connectivity index is 2.60. The van der Waals surface area contributed by atoms with E-state index in [9.17, 15) is 0 Å². The molecule has 0 radical (unpaired) electrons. The summed E-state index contributed by atoms with van der Waals surface area (Å²) in [6.07, 6.45) is 2.35. The molecule has 0 saturated carbocycles. The van der Waals surface area contributed by atoms with Crippen molar-refractivity contribution in [3.05, 3.63) is 34.9 Å². The average Bonchev–Trinajstić information content (AvgIpc) is 2.26. The molecule has 1 atom stereocenters. The molecule has 0 aliphatic heterocycles. The minimum absolute atomic E-state index is 0.396. The SMILES string of the molecule is CCC(CC)N[C@H](C)c1ccc(Cl)cc1. The molecule has 0 amide bonds. The second kappa shape index (κ2) is 6.14. The van der Waals surface area contributed by atoms with Crippen molar-refractivity contribution >= 4 is 11.6 Å². The maximum atomic E-state index is 5.86. The highest BCUT2D eigenvalue weighted by molar-refractivity contribution is 6.30. The van der Waals surface area contributed by atoms with Crippen LogP contribution in [0.15, 0.2) is 24.3 Å². The second-order valence-corrected chi connectivity index (χ2v) is 4.39. The lowest BCUT2D eigenvalue weighted by molar-refractivity contribution is 0.432. The maximum absolute atomic E-state index is 5.86. The normalized spacial score (nSPS) is 13.1. The lowest BCUT2D eigenvalue weighted by Gasteiger charge is -2.21. The fourth-order valence-electron chi connectivity index (χ4n) is 1.73. The molecule has 0 aliphatic rings. The van der Waals surface area contributed by atoms with Gasteiger partial charge in [-0.25, -0.2) is 0 Å². The number of nitrogens with one attached hydrogen (secondary N) is 1. The first-order valence-corrected chi connectivity index (χ1v) is 6.06. The Kier molecular flexibility index (Phi) is 5.13. The molecule has 15 heavy (non-hydrogen) atoms. The Morgan fingerprint density at radius 3 is 2.13 bits per heavy atom. The highest BCUT2D eigenvalue weighted by Crippen LogP contribution is 2.17. The van der Waals surface area contributed by atoms with Crippen molar-refractivity contribution in [1.29, 1.82) is 0 Å². The van der Waals surface area contributed by atoms with Crippen molar-refractivity contribution in [2.45, 2.75) is 45.7 Å². The Bertz CT molecular complexity index is 277. The lowest BCUT2D eigenvalue weighted by atomic mass is 10.1. The number of rotatable bonds is 5. The maximum Gasteiger partial charge on any atom is 0.0406 e. The van der Waals surface area contributed by atoms with Crippen LogP contribution in [0.3, 0.4) is 0 Å². The molecule has 0 aromatic heterocycles. The zero-order valence-corrected chi connectivity index (χ0v) is 10.5. The fraction of sp³-hybridized carbons (Fsp3) is 0.538. The predicted octanol–water partition coefficient (Wildman–Crippen LogP) is 4.18. The van der Waals surface area contributed by atoms with Gasteiger partial charge in [-0.1, -0.05) is 37.6 Å². The summed E-state index contributed by atoms with van der Waals surface area (Å²) in [5, 5.41) is 4.41. The van der Waals surface area contributed by atoms with Gasteiger partial charge in [0, 0.05) is 17.1 Å². The molecule has 0 bridgehead atoms. The summed E-state index contributed by atoms with van der Waals surface area (Å²) in [4.78, 5) is 0. The van der Waals surface area contributed by atoms with E-state index in [1.54, 1.807) is 0 Å². The molecule has 0 saturated heterocycles. The molecule has 1 rings (SSSR count). The molecular formula is C13H20ClN. The average molecular weight is 226 g/mol. The van der Waals surface area contributed by atoms with E-state index in [4.69, 9.17) is 11.6 Å². The van der Waals surface area contributed by atoms with E-state index in [-0.39, 0.29) is 0 Å². The van der Waals surface area contributed by atoms with Gasteiger partial charge in [0.25, 0.3) is 0 Å². The van der Waals surface area contributed by atoms with Gasteiger partial charge >= 0.3 is 0 Å². The predicted molar refractivity (Wildman–Crippen MR) is 67.4 cm³/mol. The lowest BCUT2D eigenvalue weighted by Crippen LogP contribution is -2.30. The summed E-state index contributed by atoms with van der Waals surface area (Å²) in [5.41, 5.74) is 1.30.